The fourth-order valence-corrected chi connectivity index (χ4v) is 6.38. The number of likely N-dealkylation sites (tertiary alicyclic amines) is 1. The second-order valence-electron chi connectivity index (χ2n) is 6.86. The van der Waals surface area contributed by atoms with Crippen LogP contribution in [-0.4, -0.2) is 60.8 Å². The van der Waals surface area contributed by atoms with E-state index in [-0.39, 0.29) is 38.2 Å². The van der Waals surface area contributed by atoms with Crippen molar-refractivity contribution in [2.45, 2.75) is 49.1 Å². The van der Waals surface area contributed by atoms with Gasteiger partial charge >= 0.3 is 6.18 Å². The van der Waals surface area contributed by atoms with Crippen LogP contribution in [0.1, 0.15) is 32.1 Å². The molecule has 122 valence electrons. The van der Waals surface area contributed by atoms with Crippen molar-refractivity contribution in [3.63, 3.8) is 0 Å². The molecule has 0 aromatic rings. The molecule has 2 aliphatic heterocycles. The van der Waals surface area contributed by atoms with E-state index in [1.54, 1.807) is 0 Å². The van der Waals surface area contributed by atoms with Gasteiger partial charge in [-0.2, -0.15) is 13.2 Å². The number of aliphatic hydroxyl groups is 1. The van der Waals surface area contributed by atoms with Crippen molar-refractivity contribution in [2.24, 2.45) is 5.41 Å². The molecule has 0 amide bonds. The lowest BCUT2D eigenvalue weighted by molar-refractivity contribution is -0.222. The minimum Gasteiger partial charge on any atom is -0.389 e. The lowest BCUT2D eigenvalue weighted by atomic mass is 9.79. The van der Waals surface area contributed by atoms with Crippen LogP contribution in [0.5, 0.6) is 0 Å². The van der Waals surface area contributed by atoms with Crippen LogP contribution in [0.4, 0.5) is 13.2 Å². The first-order valence-electron chi connectivity index (χ1n) is 7.31. The molecule has 1 N–H and O–H groups in total. The highest BCUT2D eigenvalue weighted by molar-refractivity contribution is 7.92. The van der Waals surface area contributed by atoms with Gasteiger partial charge in [0.15, 0.2) is 9.84 Å². The molecule has 0 spiro atoms. The molecular formula is C13H20F3NO3S. The fraction of sp³-hybridized carbons (Fsp3) is 1.00. The van der Waals surface area contributed by atoms with Crippen molar-refractivity contribution < 1.29 is 26.7 Å². The van der Waals surface area contributed by atoms with E-state index >= 15 is 0 Å². The van der Waals surface area contributed by atoms with Gasteiger partial charge in [0.25, 0.3) is 0 Å². The van der Waals surface area contributed by atoms with Crippen LogP contribution < -0.4 is 0 Å². The monoisotopic (exact) mass is 327 g/mol. The highest BCUT2D eigenvalue weighted by Crippen LogP contribution is 2.54. The summed E-state index contributed by atoms with van der Waals surface area (Å²) in [4.78, 5) is 1.51. The highest BCUT2D eigenvalue weighted by atomic mass is 32.2. The van der Waals surface area contributed by atoms with Gasteiger partial charge in [0.2, 0.25) is 0 Å². The van der Waals surface area contributed by atoms with E-state index in [1.165, 1.54) is 4.90 Å². The first kappa shape index (κ1) is 15.6. The molecule has 2 heterocycles. The molecule has 1 aliphatic carbocycles. The smallest absolute Gasteiger partial charge is 0.389 e. The van der Waals surface area contributed by atoms with Crippen molar-refractivity contribution in [3.05, 3.63) is 0 Å². The van der Waals surface area contributed by atoms with Gasteiger partial charge in [0, 0.05) is 19.6 Å². The number of halogens is 3. The number of nitrogens with zero attached hydrogens (tertiary/aromatic N) is 1. The van der Waals surface area contributed by atoms with E-state index in [2.05, 4.69) is 0 Å². The van der Waals surface area contributed by atoms with Gasteiger partial charge in [-0.25, -0.2) is 8.42 Å². The van der Waals surface area contributed by atoms with Crippen molar-refractivity contribution in [3.8, 4) is 0 Å². The zero-order chi connectivity index (χ0) is 15.5. The van der Waals surface area contributed by atoms with E-state index in [0.29, 0.717) is 12.8 Å². The van der Waals surface area contributed by atoms with E-state index in [1.807, 2.05) is 0 Å². The van der Waals surface area contributed by atoms with Crippen LogP contribution in [0.15, 0.2) is 0 Å². The normalized spacial score (nSPS) is 38.8. The summed E-state index contributed by atoms with van der Waals surface area (Å²) in [6.45, 7) is -0.260. The largest absolute Gasteiger partial charge is 0.397 e. The Morgan fingerprint density at radius 1 is 1.19 bits per heavy atom. The Kier molecular flexibility index (Phi) is 3.39. The van der Waals surface area contributed by atoms with Gasteiger partial charge in [0.1, 0.15) is 0 Å². The molecule has 3 aliphatic rings. The Balaban J connectivity index is 1.88. The third-order valence-corrected chi connectivity index (χ3v) is 7.72. The maximum absolute atomic E-state index is 13.6. The van der Waals surface area contributed by atoms with Gasteiger partial charge < -0.3 is 5.11 Å². The predicted octanol–water partition coefficient (Wildman–Crippen LogP) is 1.34. The lowest BCUT2D eigenvalue weighted by Crippen LogP contribution is -2.54. The molecule has 3 rings (SSSR count). The summed E-state index contributed by atoms with van der Waals surface area (Å²) in [6, 6.07) is 0. The number of hydrogen-bond donors (Lipinski definition) is 1. The van der Waals surface area contributed by atoms with Crippen molar-refractivity contribution in [2.75, 3.05) is 25.4 Å². The molecule has 0 radical (unpaired) electrons. The first-order valence-corrected chi connectivity index (χ1v) is 9.03. The molecular weight excluding hydrogens is 307 g/mol. The third kappa shape index (κ3) is 2.39. The average molecular weight is 327 g/mol. The molecule has 0 aromatic carbocycles. The lowest BCUT2D eigenvalue weighted by Gasteiger charge is -2.41. The van der Waals surface area contributed by atoms with Crippen LogP contribution >= 0.6 is 0 Å². The van der Waals surface area contributed by atoms with E-state index < -0.39 is 32.3 Å². The summed E-state index contributed by atoms with van der Waals surface area (Å²) in [5.74, 6) is -0.159. The maximum Gasteiger partial charge on any atom is 0.397 e. The Labute approximate surface area is 122 Å². The fourth-order valence-electron chi connectivity index (χ4n) is 4.10. The third-order valence-electron chi connectivity index (χ3n) is 5.40. The summed E-state index contributed by atoms with van der Waals surface area (Å²) >= 11 is 0. The highest BCUT2D eigenvalue weighted by Gasteiger charge is 2.67. The van der Waals surface area contributed by atoms with Gasteiger partial charge in [-0.15, -0.1) is 0 Å². The molecule has 2 atom stereocenters. The minimum absolute atomic E-state index is 0.0659. The number of sulfone groups is 1. The maximum atomic E-state index is 13.6. The summed E-state index contributed by atoms with van der Waals surface area (Å²) < 4.78 is 65.0. The minimum atomic E-state index is -4.53. The van der Waals surface area contributed by atoms with Crippen LogP contribution in [0.25, 0.3) is 0 Å². The van der Waals surface area contributed by atoms with Gasteiger partial charge in [-0.3, -0.25) is 4.90 Å². The Bertz CT molecular complexity index is 529. The topological polar surface area (TPSA) is 57.6 Å². The summed E-state index contributed by atoms with van der Waals surface area (Å²) in [6.07, 6.45) is -2.55. The zero-order valence-electron chi connectivity index (χ0n) is 11.7. The second-order valence-corrected chi connectivity index (χ2v) is 9.16. The molecule has 0 bridgehead atoms. The number of rotatable bonds is 2. The van der Waals surface area contributed by atoms with Gasteiger partial charge in [-0.1, -0.05) is 0 Å². The summed E-state index contributed by atoms with van der Waals surface area (Å²) in [7, 11) is -3.72. The molecule has 3 fully saturated rings. The molecule has 0 unspecified atom stereocenters. The Morgan fingerprint density at radius 2 is 1.86 bits per heavy atom. The number of fused-ring (bicyclic) bond motifs is 1. The van der Waals surface area contributed by atoms with Crippen molar-refractivity contribution in [1.29, 1.82) is 0 Å². The standard InChI is InChI=1S/C13H20F3NO3S/c14-13(15,16)12-5-2-6-21(19,20)10(12)7-17(9-12)8-11(18)3-1-4-11/h10,18H,1-9H2/t10-,12-/m1/s1. The van der Waals surface area contributed by atoms with Crippen molar-refractivity contribution in [1.82, 2.24) is 4.90 Å². The van der Waals surface area contributed by atoms with Crippen LogP contribution in [0.2, 0.25) is 0 Å². The quantitative estimate of drug-likeness (QED) is 0.832. The van der Waals surface area contributed by atoms with Gasteiger partial charge in [-0.05, 0) is 32.1 Å². The SMILES string of the molecule is O=S1(=O)CCC[C@@]2(C(F)(F)F)CN(CC3(O)CCC3)C[C@H]21. The molecule has 8 heteroatoms. The number of alkyl halides is 3. The van der Waals surface area contributed by atoms with E-state index in [9.17, 15) is 26.7 Å². The Hall–Kier alpha value is -0.340. The Morgan fingerprint density at radius 3 is 2.33 bits per heavy atom. The molecule has 4 nitrogen and oxygen atoms in total. The van der Waals surface area contributed by atoms with E-state index in [0.717, 1.165) is 6.42 Å². The van der Waals surface area contributed by atoms with Crippen LogP contribution in [0, 0.1) is 5.41 Å². The first-order chi connectivity index (χ1) is 9.58. The second kappa shape index (κ2) is 4.58. The molecule has 1 saturated carbocycles. The number of β-amino-alcohol motifs (C(OH)–C–C–N with tert-alkyl or cyclic N) is 1. The average Bonchev–Trinajstić information content (AvgIpc) is 2.67. The van der Waals surface area contributed by atoms with Gasteiger partial charge in [0.05, 0.1) is 22.0 Å². The van der Waals surface area contributed by atoms with E-state index in [4.69, 9.17) is 0 Å². The molecule has 21 heavy (non-hydrogen) atoms. The predicted molar refractivity (Wildman–Crippen MR) is 70.5 cm³/mol. The van der Waals surface area contributed by atoms with Crippen LogP contribution in [0.3, 0.4) is 0 Å². The van der Waals surface area contributed by atoms with Crippen LogP contribution in [-0.2, 0) is 9.84 Å². The summed E-state index contributed by atoms with van der Waals surface area (Å²) in [5.41, 5.74) is -3.08. The summed E-state index contributed by atoms with van der Waals surface area (Å²) in [5, 5.41) is 8.78. The zero-order valence-corrected chi connectivity index (χ0v) is 12.5. The molecule has 0 aromatic heterocycles. The molecule has 2 saturated heterocycles. The number of hydrogen-bond acceptors (Lipinski definition) is 4. The van der Waals surface area contributed by atoms with Crippen molar-refractivity contribution >= 4 is 9.84 Å².